The number of primary amides is 1. The molecular formula is C12H14ClN7O. The molecule has 0 saturated heterocycles. The van der Waals surface area contributed by atoms with Crippen LogP contribution in [0.4, 0.5) is 5.82 Å². The highest BCUT2D eigenvalue weighted by Crippen LogP contribution is 2.21. The van der Waals surface area contributed by atoms with Gasteiger partial charge in [-0.25, -0.2) is 4.68 Å². The van der Waals surface area contributed by atoms with Gasteiger partial charge < -0.3 is 5.73 Å². The van der Waals surface area contributed by atoms with Gasteiger partial charge in [-0.3, -0.25) is 9.80 Å². The van der Waals surface area contributed by atoms with Gasteiger partial charge in [0.25, 0.3) is 5.91 Å². The van der Waals surface area contributed by atoms with Crippen LogP contribution in [-0.4, -0.2) is 40.0 Å². The highest BCUT2D eigenvalue weighted by molar-refractivity contribution is 6.31. The number of nitrogens with zero attached hydrogens (tertiary/aromatic N) is 6. The van der Waals surface area contributed by atoms with Crippen molar-refractivity contribution in [2.45, 2.75) is 6.54 Å². The monoisotopic (exact) mass is 307 g/mol. The van der Waals surface area contributed by atoms with Crippen molar-refractivity contribution in [2.24, 2.45) is 16.1 Å². The lowest BCUT2D eigenvalue weighted by atomic mass is 10.2. The van der Waals surface area contributed by atoms with Crippen LogP contribution in [-0.2, 0) is 6.54 Å². The third kappa shape index (κ3) is 3.54. The van der Waals surface area contributed by atoms with Crippen LogP contribution in [0.1, 0.15) is 16.1 Å². The Balaban J connectivity index is 2.40. The number of rotatable bonds is 5. The third-order valence-corrected chi connectivity index (χ3v) is 2.91. The lowest BCUT2D eigenvalue weighted by Gasteiger charge is -2.06. The highest BCUT2D eigenvalue weighted by Gasteiger charge is 2.18. The number of hydrogen-bond donors (Lipinski definition) is 1. The summed E-state index contributed by atoms with van der Waals surface area (Å²) in [5.74, 6) is -0.524. The second kappa shape index (κ2) is 6.31. The lowest BCUT2D eigenvalue weighted by molar-refractivity contribution is 0.0996. The maximum atomic E-state index is 11.4. The van der Waals surface area contributed by atoms with E-state index >= 15 is 0 Å². The van der Waals surface area contributed by atoms with Gasteiger partial charge in [-0.15, -0.1) is 10.2 Å². The molecule has 0 fully saturated rings. The van der Waals surface area contributed by atoms with Gasteiger partial charge >= 0.3 is 0 Å². The smallest absolute Gasteiger partial charge is 0.273 e. The molecule has 0 saturated carbocycles. The van der Waals surface area contributed by atoms with Crippen molar-refractivity contribution in [3.05, 3.63) is 40.5 Å². The van der Waals surface area contributed by atoms with Crippen LogP contribution in [0.25, 0.3) is 0 Å². The average Bonchev–Trinajstić information content (AvgIpc) is 2.82. The van der Waals surface area contributed by atoms with Crippen LogP contribution in [0.2, 0.25) is 5.02 Å². The van der Waals surface area contributed by atoms with E-state index in [1.54, 1.807) is 20.2 Å². The van der Waals surface area contributed by atoms with Gasteiger partial charge in [0, 0.05) is 19.1 Å². The maximum Gasteiger partial charge on any atom is 0.273 e. The normalized spacial score (nSPS) is 11.0. The number of aromatic nitrogens is 3. The molecule has 0 aliphatic heterocycles. The zero-order valence-corrected chi connectivity index (χ0v) is 12.3. The Labute approximate surface area is 126 Å². The average molecular weight is 308 g/mol. The van der Waals surface area contributed by atoms with Gasteiger partial charge in [0.05, 0.1) is 6.54 Å². The van der Waals surface area contributed by atoms with Gasteiger partial charge in [-0.1, -0.05) is 40.2 Å². The van der Waals surface area contributed by atoms with Gasteiger partial charge in [0.15, 0.2) is 5.69 Å². The molecular weight excluding hydrogens is 294 g/mol. The van der Waals surface area contributed by atoms with Crippen molar-refractivity contribution in [3.63, 3.8) is 0 Å². The number of nitrogens with two attached hydrogens (primary N) is 1. The number of hydrogen-bond acceptors (Lipinski definition) is 5. The number of halogens is 1. The molecule has 2 rings (SSSR count). The SMILES string of the molecule is CN(C)N=Nc1c(C(N)=O)nnn1Cc1ccccc1Cl. The summed E-state index contributed by atoms with van der Waals surface area (Å²) in [7, 11) is 3.41. The van der Waals surface area contributed by atoms with E-state index in [-0.39, 0.29) is 11.5 Å². The number of amides is 1. The molecule has 0 aliphatic rings. The van der Waals surface area contributed by atoms with E-state index in [1.807, 2.05) is 18.2 Å². The first-order chi connectivity index (χ1) is 9.99. The van der Waals surface area contributed by atoms with E-state index in [9.17, 15) is 4.79 Å². The minimum atomic E-state index is -0.715. The molecule has 1 heterocycles. The van der Waals surface area contributed by atoms with Crippen LogP contribution in [0.3, 0.4) is 0 Å². The van der Waals surface area contributed by atoms with Crippen LogP contribution in [0.15, 0.2) is 34.6 Å². The number of carbonyl (C=O) groups is 1. The largest absolute Gasteiger partial charge is 0.364 e. The molecule has 0 aliphatic carbocycles. The minimum absolute atomic E-state index is 0.0346. The van der Waals surface area contributed by atoms with Gasteiger partial charge in [0.2, 0.25) is 5.82 Å². The highest BCUT2D eigenvalue weighted by atomic mass is 35.5. The Kier molecular flexibility index (Phi) is 4.49. The van der Waals surface area contributed by atoms with Crippen LogP contribution >= 0.6 is 11.6 Å². The van der Waals surface area contributed by atoms with E-state index in [4.69, 9.17) is 17.3 Å². The Hall–Kier alpha value is -2.48. The molecule has 0 unspecified atom stereocenters. The molecule has 1 aromatic carbocycles. The summed E-state index contributed by atoms with van der Waals surface area (Å²) in [6.07, 6.45) is 0. The maximum absolute atomic E-state index is 11.4. The summed E-state index contributed by atoms with van der Waals surface area (Å²) in [6, 6.07) is 7.30. The van der Waals surface area contributed by atoms with E-state index in [2.05, 4.69) is 20.6 Å². The van der Waals surface area contributed by atoms with Gasteiger partial charge in [-0.05, 0) is 11.6 Å². The Bertz CT molecular complexity index is 680. The first-order valence-corrected chi connectivity index (χ1v) is 6.42. The fourth-order valence-corrected chi connectivity index (χ4v) is 1.79. The zero-order valence-electron chi connectivity index (χ0n) is 11.6. The first-order valence-electron chi connectivity index (χ1n) is 6.04. The first kappa shape index (κ1) is 14.9. The predicted molar refractivity (Wildman–Crippen MR) is 77.3 cm³/mol. The molecule has 0 bridgehead atoms. The molecule has 9 heteroatoms. The number of benzene rings is 1. The second-order valence-corrected chi connectivity index (χ2v) is 4.82. The fourth-order valence-electron chi connectivity index (χ4n) is 1.59. The molecule has 8 nitrogen and oxygen atoms in total. The summed E-state index contributed by atoms with van der Waals surface area (Å²) in [5.41, 5.74) is 6.05. The van der Waals surface area contributed by atoms with Gasteiger partial charge in [0.1, 0.15) is 0 Å². The second-order valence-electron chi connectivity index (χ2n) is 4.41. The lowest BCUT2D eigenvalue weighted by Crippen LogP contribution is -2.12. The summed E-state index contributed by atoms with van der Waals surface area (Å²) in [5, 5.41) is 17.5. The zero-order chi connectivity index (χ0) is 15.4. The van der Waals surface area contributed by atoms with E-state index in [1.165, 1.54) is 9.69 Å². The van der Waals surface area contributed by atoms with Gasteiger partial charge in [-0.2, -0.15) is 0 Å². The summed E-state index contributed by atoms with van der Waals surface area (Å²) in [4.78, 5) is 11.4. The molecule has 0 atom stereocenters. The Morgan fingerprint density at radius 3 is 2.76 bits per heavy atom. The van der Waals surface area contributed by atoms with Crippen molar-refractivity contribution >= 4 is 23.3 Å². The standard InChI is InChI=1S/C12H14ClN7O/c1-19(2)17-16-12-10(11(14)21)15-18-20(12)7-8-5-3-4-6-9(8)13/h3-6H,7H2,1-2H3,(H2,14,21). The van der Waals surface area contributed by atoms with Crippen LogP contribution in [0, 0.1) is 0 Å². The molecule has 110 valence electrons. The predicted octanol–water partition coefficient (Wildman–Crippen LogP) is 1.64. The van der Waals surface area contributed by atoms with Crippen LogP contribution < -0.4 is 5.73 Å². The minimum Gasteiger partial charge on any atom is -0.364 e. The molecule has 0 spiro atoms. The third-order valence-electron chi connectivity index (χ3n) is 2.54. The van der Waals surface area contributed by atoms with E-state index < -0.39 is 5.91 Å². The van der Waals surface area contributed by atoms with Crippen molar-refractivity contribution in [2.75, 3.05) is 14.1 Å². The molecule has 1 amide bonds. The van der Waals surface area contributed by atoms with Crippen LogP contribution in [0.5, 0.6) is 0 Å². The molecule has 21 heavy (non-hydrogen) atoms. The quantitative estimate of drug-likeness (QED) is 0.670. The van der Waals surface area contributed by atoms with Crippen molar-refractivity contribution < 1.29 is 4.79 Å². The summed E-state index contributed by atoms with van der Waals surface area (Å²) in [6.45, 7) is 0.307. The number of carbonyl (C=O) groups excluding carboxylic acids is 1. The summed E-state index contributed by atoms with van der Waals surface area (Å²) >= 11 is 6.11. The van der Waals surface area contributed by atoms with Crippen molar-refractivity contribution in [3.8, 4) is 0 Å². The molecule has 1 aromatic heterocycles. The summed E-state index contributed by atoms with van der Waals surface area (Å²) < 4.78 is 1.42. The molecule has 2 aromatic rings. The molecule has 2 N–H and O–H groups in total. The Morgan fingerprint density at radius 2 is 2.14 bits per heavy atom. The van der Waals surface area contributed by atoms with Crippen molar-refractivity contribution in [1.82, 2.24) is 20.0 Å². The Morgan fingerprint density at radius 1 is 1.43 bits per heavy atom. The van der Waals surface area contributed by atoms with Crippen molar-refractivity contribution in [1.29, 1.82) is 0 Å². The van der Waals surface area contributed by atoms with E-state index in [0.717, 1.165) is 5.56 Å². The molecule has 0 radical (unpaired) electrons. The topological polar surface area (TPSA) is 102 Å². The van der Waals surface area contributed by atoms with E-state index in [0.29, 0.717) is 11.6 Å². The fraction of sp³-hybridized carbons (Fsp3) is 0.250.